The van der Waals surface area contributed by atoms with Crippen molar-refractivity contribution in [2.24, 2.45) is 28.9 Å². The largest absolute Gasteiger partial charge is 0.378 e. The molecule has 2 N–H and O–H groups in total. The Balaban J connectivity index is 1.48. The molecule has 1 heterocycles. The Morgan fingerprint density at radius 3 is 2.17 bits per heavy atom. The fraction of sp³-hybridized carbons (Fsp3) is 1.00. The Labute approximate surface area is 111 Å². The lowest BCUT2D eigenvalue weighted by Crippen LogP contribution is -2.55. The summed E-state index contributed by atoms with van der Waals surface area (Å²) >= 11 is 0. The Morgan fingerprint density at radius 1 is 1.06 bits per heavy atom. The third-order valence-corrected chi connectivity index (χ3v) is 6.41. The molecule has 2 nitrogen and oxygen atoms in total. The van der Waals surface area contributed by atoms with E-state index in [2.05, 4.69) is 0 Å². The quantitative estimate of drug-likeness (QED) is 0.834. The Kier molecular flexibility index (Phi) is 2.74. The van der Waals surface area contributed by atoms with Crippen molar-refractivity contribution in [3.8, 4) is 0 Å². The van der Waals surface area contributed by atoms with Crippen LogP contribution in [0.15, 0.2) is 0 Å². The minimum atomic E-state index is 0.411. The smallest absolute Gasteiger partial charge is 0.0591 e. The average molecular weight is 249 g/mol. The first-order valence-corrected chi connectivity index (χ1v) is 8.11. The van der Waals surface area contributed by atoms with Gasteiger partial charge in [0, 0.05) is 12.6 Å². The van der Waals surface area contributed by atoms with Crippen molar-refractivity contribution < 1.29 is 4.74 Å². The summed E-state index contributed by atoms with van der Waals surface area (Å²) in [6, 6.07) is 0.411. The van der Waals surface area contributed by atoms with Gasteiger partial charge in [0.1, 0.15) is 0 Å². The predicted octanol–water partition coefficient (Wildman–Crippen LogP) is 3.10. The van der Waals surface area contributed by atoms with Gasteiger partial charge in [0.25, 0.3) is 0 Å². The molecule has 2 atom stereocenters. The SMILES string of the molecule is NC(CC1CCCO1)C12CC3CC(CC(C3)C1)C2. The third-order valence-electron chi connectivity index (χ3n) is 6.41. The summed E-state index contributed by atoms with van der Waals surface area (Å²) in [5.41, 5.74) is 7.19. The number of hydrogen-bond donors (Lipinski definition) is 1. The van der Waals surface area contributed by atoms with E-state index in [4.69, 9.17) is 10.5 Å². The molecule has 5 rings (SSSR count). The molecule has 102 valence electrons. The summed E-state index contributed by atoms with van der Waals surface area (Å²) in [7, 11) is 0. The lowest BCUT2D eigenvalue weighted by Gasteiger charge is -2.59. The topological polar surface area (TPSA) is 35.2 Å². The van der Waals surface area contributed by atoms with Crippen molar-refractivity contribution in [1.29, 1.82) is 0 Å². The van der Waals surface area contributed by atoms with Gasteiger partial charge in [-0.05, 0) is 81.0 Å². The molecule has 4 saturated carbocycles. The summed E-state index contributed by atoms with van der Waals surface area (Å²) < 4.78 is 5.81. The van der Waals surface area contributed by atoms with E-state index < -0.39 is 0 Å². The van der Waals surface area contributed by atoms with Crippen LogP contribution in [0.1, 0.15) is 57.8 Å². The zero-order valence-electron chi connectivity index (χ0n) is 11.4. The van der Waals surface area contributed by atoms with Crippen LogP contribution >= 0.6 is 0 Å². The Bertz CT molecular complexity index is 286. The zero-order chi connectivity index (χ0) is 12.2. The fourth-order valence-corrected chi connectivity index (χ4v) is 6.00. The van der Waals surface area contributed by atoms with E-state index in [1.54, 1.807) is 0 Å². The van der Waals surface area contributed by atoms with Crippen LogP contribution in [0, 0.1) is 23.2 Å². The molecule has 1 saturated heterocycles. The van der Waals surface area contributed by atoms with Gasteiger partial charge in [-0.15, -0.1) is 0 Å². The molecule has 18 heavy (non-hydrogen) atoms. The summed E-state index contributed by atoms with van der Waals surface area (Å²) in [5, 5.41) is 0. The van der Waals surface area contributed by atoms with Crippen LogP contribution in [0.2, 0.25) is 0 Å². The maximum Gasteiger partial charge on any atom is 0.0591 e. The highest BCUT2D eigenvalue weighted by Gasteiger charge is 2.53. The molecule has 2 heteroatoms. The summed E-state index contributed by atoms with van der Waals surface area (Å²) in [6.45, 7) is 0.970. The molecular weight excluding hydrogens is 222 g/mol. The van der Waals surface area contributed by atoms with E-state index >= 15 is 0 Å². The molecule has 4 bridgehead atoms. The second-order valence-electron chi connectivity index (χ2n) is 7.76. The van der Waals surface area contributed by atoms with Gasteiger partial charge in [-0.1, -0.05) is 0 Å². The standard InChI is InChI=1S/C16H27NO/c17-15(7-14-2-1-3-18-14)16-8-11-4-12(9-16)6-13(5-11)10-16/h11-15H,1-10,17H2. The van der Waals surface area contributed by atoms with E-state index in [1.807, 2.05) is 0 Å². The number of rotatable bonds is 3. The number of nitrogens with two attached hydrogens (primary N) is 1. The molecule has 2 unspecified atom stereocenters. The lowest BCUT2D eigenvalue weighted by atomic mass is 9.47. The highest BCUT2D eigenvalue weighted by molar-refractivity contribution is 5.05. The molecule has 5 fully saturated rings. The van der Waals surface area contributed by atoms with E-state index in [0.29, 0.717) is 17.6 Å². The van der Waals surface area contributed by atoms with Crippen molar-refractivity contribution in [2.45, 2.75) is 69.9 Å². The molecule has 0 spiro atoms. The molecular formula is C16H27NO. The summed E-state index contributed by atoms with van der Waals surface area (Å²) in [5.74, 6) is 3.06. The zero-order valence-corrected chi connectivity index (χ0v) is 11.4. The van der Waals surface area contributed by atoms with Crippen LogP contribution < -0.4 is 5.73 Å². The highest BCUT2D eigenvalue weighted by atomic mass is 16.5. The molecule has 0 aromatic heterocycles. The van der Waals surface area contributed by atoms with Gasteiger partial charge >= 0.3 is 0 Å². The summed E-state index contributed by atoms with van der Waals surface area (Å²) in [6.07, 6.45) is 13.0. The molecule has 0 aromatic carbocycles. The van der Waals surface area contributed by atoms with Crippen LogP contribution in [0.4, 0.5) is 0 Å². The van der Waals surface area contributed by atoms with E-state index in [0.717, 1.165) is 30.8 Å². The lowest BCUT2D eigenvalue weighted by molar-refractivity contribution is -0.0745. The van der Waals surface area contributed by atoms with Crippen LogP contribution in [0.5, 0.6) is 0 Å². The maximum absolute atomic E-state index is 6.67. The van der Waals surface area contributed by atoms with Crippen LogP contribution in [-0.4, -0.2) is 18.8 Å². The fourth-order valence-electron chi connectivity index (χ4n) is 6.00. The monoisotopic (exact) mass is 249 g/mol. The normalized spacial score (nSPS) is 51.8. The Morgan fingerprint density at radius 2 is 1.67 bits per heavy atom. The van der Waals surface area contributed by atoms with Gasteiger partial charge in [0.05, 0.1) is 6.10 Å². The van der Waals surface area contributed by atoms with Crippen molar-refractivity contribution in [3.05, 3.63) is 0 Å². The van der Waals surface area contributed by atoms with Gasteiger partial charge in [-0.3, -0.25) is 0 Å². The van der Waals surface area contributed by atoms with Crippen molar-refractivity contribution in [2.75, 3.05) is 6.61 Å². The number of ether oxygens (including phenoxy) is 1. The first kappa shape index (κ1) is 11.7. The van der Waals surface area contributed by atoms with E-state index in [-0.39, 0.29) is 0 Å². The molecule has 5 aliphatic rings. The molecule has 0 aromatic rings. The van der Waals surface area contributed by atoms with Crippen LogP contribution in [0.3, 0.4) is 0 Å². The van der Waals surface area contributed by atoms with Gasteiger partial charge in [0.2, 0.25) is 0 Å². The molecule has 4 aliphatic carbocycles. The van der Waals surface area contributed by atoms with Gasteiger partial charge in [-0.2, -0.15) is 0 Å². The number of hydrogen-bond acceptors (Lipinski definition) is 2. The summed E-state index contributed by atoms with van der Waals surface area (Å²) in [4.78, 5) is 0. The van der Waals surface area contributed by atoms with E-state index in [9.17, 15) is 0 Å². The van der Waals surface area contributed by atoms with E-state index in [1.165, 1.54) is 51.4 Å². The molecule has 0 amide bonds. The van der Waals surface area contributed by atoms with Gasteiger partial charge in [-0.25, -0.2) is 0 Å². The molecule has 1 aliphatic heterocycles. The van der Waals surface area contributed by atoms with Gasteiger partial charge < -0.3 is 10.5 Å². The van der Waals surface area contributed by atoms with Crippen LogP contribution in [-0.2, 0) is 4.74 Å². The first-order chi connectivity index (χ1) is 8.73. The second kappa shape index (κ2) is 4.21. The van der Waals surface area contributed by atoms with Crippen LogP contribution in [0.25, 0.3) is 0 Å². The van der Waals surface area contributed by atoms with Crippen molar-refractivity contribution in [1.82, 2.24) is 0 Å². The second-order valence-corrected chi connectivity index (χ2v) is 7.76. The predicted molar refractivity (Wildman–Crippen MR) is 72.2 cm³/mol. The maximum atomic E-state index is 6.67. The Hall–Kier alpha value is -0.0800. The first-order valence-electron chi connectivity index (χ1n) is 8.11. The third kappa shape index (κ3) is 1.84. The minimum Gasteiger partial charge on any atom is -0.378 e. The minimum absolute atomic E-state index is 0.411. The molecule has 0 radical (unpaired) electrons. The van der Waals surface area contributed by atoms with Crippen molar-refractivity contribution in [3.63, 3.8) is 0 Å². The average Bonchev–Trinajstić information content (AvgIpc) is 2.79. The van der Waals surface area contributed by atoms with Gasteiger partial charge in [0.15, 0.2) is 0 Å². The highest BCUT2D eigenvalue weighted by Crippen LogP contribution is 2.61. The van der Waals surface area contributed by atoms with Crippen molar-refractivity contribution >= 4 is 0 Å².